The van der Waals surface area contributed by atoms with E-state index in [2.05, 4.69) is 20.1 Å². The maximum atomic E-state index is 13.7. The number of furan rings is 1. The molecule has 1 unspecified atom stereocenters. The normalized spacial score (nSPS) is 21.0. The molecule has 1 saturated heterocycles. The van der Waals surface area contributed by atoms with E-state index < -0.39 is 62.9 Å². The zero-order chi connectivity index (χ0) is 20.1. The standard InChI is InChI=1S/C14H9BrF5NO5S/c1-21-13(5-2-3-7(15)25-5)6(4-24-21)27(22,23)26-14-11(19)9(17)8(16)10(18)12(14)20/h2-3,6,13H,4H2,1H3/t6?,13-/m1/s1. The lowest BCUT2D eigenvalue weighted by Crippen LogP contribution is -2.34. The van der Waals surface area contributed by atoms with Gasteiger partial charge in [0.05, 0.1) is 6.61 Å². The van der Waals surface area contributed by atoms with Gasteiger partial charge in [-0.3, -0.25) is 4.84 Å². The van der Waals surface area contributed by atoms with E-state index >= 15 is 0 Å². The summed E-state index contributed by atoms with van der Waals surface area (Å²) < 4.78 is 102. The second-order valence-electron chi connectivity index (χ2n) is 5.44. The summed E-state index contributed by atoms with van der Waals surface area (Å²) in [5, 5.41) is -0.467. The van der Waals surface area contributed by atoms with E-state index in [1.807, 2.05) is 0 Å². The van der Waals surface area contributed by atoms with E-state index in [0.717, 1.165) is 5.06 Å². The Kier molecular flexibility index (Phi) is 5.22. The van der Waals surface area contributed by atoms with Crippen molar-refractivity contribution in [1.82, 2.24) is 5.06 Å². The number of nitrogens with zero attached hydrogens (tertiary/aromatic N) is 1. The van der Waals surface area contributed by atoms with Gasteiger partial charge in [0.25, 0.3) is 0 Å². The van der Waals surface area contributed by atoms with Crippen molar-refractivity contribution in [2.45, 2.75) is 11.3 Å². The molecule has 1 fully saturated rings. The average molecular weight is 478 g/mol. The molecule has 148 valence electrons. The first kappa shape index (κ1) is 20.0. The summed E-state index contributed by atoms with van der Waals surface area (Å²) in [6.45, 7) is -0.503. The Hall–Kier alpha value is -1.70. The number of rotatable bonds is 4. The predicted molar refractivity (Wildman–Crippen MR) is 82.4 cm³/mol. The Morgan fingerprint density at radius 1 is 1.07 bits per heavy atom. The zero-order valence-electron chi connectivity index (χ0n) is 13.2. The molecule has 0 saturated carbocycles. The quantitative estimate of drug-likeness (QED) is 0.291. The smallest absolute Gasteiger partial charge is 0.316 e. The third-order valence-corrected chi connectivity index (χ3v) is 5.77. The van der Waals surface area contributed by atoms with Crippen LogP contribution in [0.25, 0.3) is 0 Å². The van der Waals surface area contributed by atoms with E-state index in [1.165, 1.54) is 19.2 Å². The van der Waals surface area contributed by atoms with Crippen LogP contribution in [0.2, 0.25) is 0 Å². The summed E-state index contributed by atoms with van der Waals surface area (Å²) in [6, 6.07) is 1.79. The monoisotopic (exact) mass is 477 g/mol. The Balaban J connectivity index is 2.00. The van der Waals surface area contributed by atoms with Crippen molar-refractivity contribution < 1.29 is 43.8 Å². The fraction of sp³-hybridized carbons (Fsp3) is 0.286. The fourth-order valence-corrected chi connectivity index (χ4v) is 4.19. The summed E-state index contributed by atoms with van der Waals surface area (Å²) in [7, 11) is -3.53. The van der Waals surface area contributed by atoms with Crippen LogP contribution in [-0.4, -0.2) is 32.4 Å². The Morgan fingerprint density at radius 3 is 2.15 bits per heavy atom. The molecule has 0 N–H and O–H groups in total. The second kappa shape index (κ2) is 7.04. The average Bonchev–Trinajstić information content (AvgIpc) is 3.21. The molecule has 0 spiro atoms. The largest absolute Gasteiger partial charge is 0.453 e. The minimum atomic E-state index is -4.90. The molecular formula is C14H9BrF5NO5S. The summed E-state index contributed by atoms with van der Waals surface area (Å²) >= 11 is 3.04. The molecule has 13 heteroatoms. The molecule has 2 aromatic rings. The van der Waals surface area contributed by atoms with Crippen LogP contribution in [0.4, 0.5) is 22.0 Å². The molecule has 1 aliphatic rings. The highest BCUT2D eigenvalue weighted by molar-refractivity contribution is 9.10. The predicted octanol–water partition coefficient (Wildman–Crippen LogP) is 3.43. The molecule has 1 aromatic carbocycles. The third-order valence-electron chi connectivity index (χ3n) is 3.81. The molecule has 1 aromatic heterocycles. The van der Waals surface area contributed by atoms with Crippen LogP contribution < -0.4 is 4.18 Å². The van der Waals surface area contributed by atoms with Gasteiger partial charge >= 0.3 is 10.1 Å². The Labute approximate surface area is 157 Å². The number of halogens is 6. The van der Waals surface area contributed by atoms with Gasteiger partial charge in [0.1, 0.15) is 17.1 Å². The van der Waals surface area contributed by atoms with E-state index in [0.29, 0.717) is 0 Å². The van der Waals surface area contributed by atoms with Gasteiger partial charge in [0, 0.05) is 7.05 Å². The third kappa shape index (κ3) is 3.44. The lowest BCUT2D eigenvalue weighted by Gasteiger charge is -2.20. The van der Waals surface area contributed by atoms with E-state index in [4.69, 9.17) is 9.25 Å². The number of benzene rings is 1. The topological polar surface area (TPSA) is 69.0 Å². The van der Waals surface area contributed by atoms with Crippen molar-refractivity contribution in [3.05, 3.63) is 51.6 Å². The molecular weight excluding hydrogens is 469 g/mol. The molecule has 6 nitrogen and oxygen atoms in total. The number of hydroxylamine groups is 2. The maximum Gasteiger partial charge on any atom is 0.316 e. The van der Waals surface area contributed by atoms with Crippen molar-refractivity contribution >= 4 is 26.0 Å². The van der Waals surface area contributed by atoms with Gasteiger partial charge in [-0.1, -0.05) is 0 Å². The van der Waals surface area contributed by atoms with Crippen LogP contribution in [0.1, 0.15) is 11.8 Å². The van der Waals surface area contributed by atoms with Gasteiger partial charge < -0.3 is 8.60 Å². The molecule has 3 rings (SSSR count). The minimum absolute atomic E-state index is 0.108. The zero-order valence-corrected chi connectivity index (χ0v) is 15.6. The van der Waals surface area contributed by atoms with Crippen LogP contribution in [-0.2, 0) is 15.0 Å². The first-order valence-corrected chi connectivity index (χ1v) is 9.36. The lowest BCUT2D eigenvalue weighted by atomic mass is 10.2. The minimum Gasteiger partial charge on any atom is -0.453 e. The molecule has 2 atom stereocenters. The molecule has 0 bridgehead atoms. The van der Waals surface area contributed by atoms with Crippen molar-refractivity contribution in [1.29, 1.82) is 0 Å². The molecule has 0 amide bonds. The first-order valence-electron chi connectivity index (χ1n) is 7.10. The molecule has 0 aliphatic carbocycles. The highest BCUT2D eigenvalue weighted by atomic mass is 79.9. The van der Waals surface area contributed by atoms with Crippen LogP contribution in [0.5, 0.6) is 5.75 Å². The van der Waals surface area contributed by atoms with E-state index in [9.17, 15) is 30.4 Å². The van der Waals surface area contributed by atoms with Crippen LogP contribution in [0.3, 0.4) is 0 Å². The summed E-state index contributed by atoms with van der Waals surface area (Å²) in [4.78, 5) is 5.10. The Bertz CT molecular complexity index is 969. The molecule has 27 heavy (non-hydrogen) atoms. The fourth-order valence-electron chi connectivity index (χ4n) is 2.52. The highest BCUT2D eigenvalue weighted by Crippen LogP contribution is 2.38. The van der Waals surface area contributed by atoms with Crippen molar-refractivity contribution in [2.75, 3.05) is 13.7 Å². The first-order chi connectivity index (χ1) is 12.5. The van der Waals surface area contributed by atoms with E-state index in [-0.39, 0.29) is 10.4 Å². The van der Waals surface area contributed by atoms with Gasteiger partial charge in [0.15, 0.2) is 4.67 Å². The Morgan fingerprint density at radius 2 is 1.63 bits per heavy atom. The lowest BCUT2D eigenvalue weighted by molar-refractivity contribution is -0.113. The van der Waals surface area contributed by atoms with Gasteiger partial charge in [-0.25, -0.2) is 13.2 Å². The molecule has 2 heterocycles. The highest BCUT2D eigenvalue weighted by Gasteiger charge is 2.47. The summed E-state index contributed by atoms with van der Waals surface area (Å²) in [5.41, 5.74) is 0. The van der Waals surface area contributed by atoms with Crippen LogP contribution in [0.15, 0.2) is 21.2 Å². The summed E-state index contributed by atoms with van der Waals surface area (Å²) in [5.74, 6) is -13.7. The van der Waals surface area contributed by atoms with Gasteiger partial charge in [0.2, 0.25) is 34.8 Å². The molecule has 1 aliphatic heterocycles. The maximum absolute atomic E-state index is 13.7. The van der Waals surface area contributed by atoms with Gasteiger partial charge in [-0.2, -0.15) is 22.3 Å². The van der Waals surface area contributed by atoms with Crippen LogP contribution in [0, 0.1) is 29.1 Å². The van der Waals surface area contributed by atoms with E-state index in [1.54, 1.807) is 0 Å². The van der Waals surface area contributed by atoms with Crippen LogP contribution >= 0.6 is 15.9 Å². The van der Waals surface area contributed by atoms with Gasteiger partial charge in [-0.15, -0.1) is 0 Å². The number of hydrogen-bond donors (Lipinski definition) is 0. The summed E-state index contributed by atoms with van der Waals surface area (Å²) in [6.07, 6.45) is 0. The van der Waals surface area contributed by atoms with Gasteiger partial charge in [-0.05, 0) is 28.1 Å². The van der Waals surface area contributed by atoms with Crippen molar-refractivity contribution in [3.63, 3.8) is 0 Å². The van der Waals surface area contributed by atoms with Crippen molar-refractivity contribution in [2.24, 2.45) is 0 Å². The molecule has 0 radical (unpaired) electrons. The second-order valence-corrected chi connectivity index (χ2v) is 7.98. The number of hydrogen-bond acceptors (Lipinski definition) is 6. The SMILES string of the molecule is CN1OCC(S(=O)(=O)Oc2c(F)c(F)c(F)c(F)c2F)[C@H]1c1ccc(Br)o1. The van der Waals surface area contributed by atoms with Crippen molar-refractivity contribution in [3.8, 4) is 5.75 Å².